The highest BCUT2D eigenvalue weighted by atomic mass is 35.5. The highest BCUT2D eigenvalue weighted by molar-refractivity contribution is 6.30. The Morgan fingerprint density at radius 1 is 1.31 bits per heavy atom. The molecule has 5 heteroatoms. The number of hydrogen-bond donors (Lipinski definition) is 1. The predicted molar refractivity (Wildman–Crippen MR) is 44.3 cm³/mol. The lowest BCUT2D eigenvalue weighted by atomic mass is 10.1. The third-order valence-electron chi connectivity index (χ3n) is 1.60. The van der Waals surface area contributed by atoms with Gasteiger partial charge < -0.3 is 5.73 Å². The van der Waals surface area contributed by atoms with Crippen molar-refractivity contribution in [3.63, 3.8) is 0 Å². The lowest BCUT2D eigenvalue weighted by Gasteiger charge is -2.10. The molecule has 0 unspecified atom stereocenters. The number of rotatable bonds is 2. The monoisotopic (exact) mass is 209 g/mol. The highest BCUT2D eigenvalue weighted by Crippen LogP contribution is 2.22. The minimum atomic E-state index is -2.71. The topological polar surface area (TPSA) is 26.0 Å². The third-order valence-corrected chi connectivity index (χ3v) is 1.91. The van der Waals surface area contributed by atoms with Crippen LogP contribution >= 0.6 is 11.6 Å². The van der Waals surface area contributed by atoms with E-state index >= 15 is 0 Å². The van der Waals surface area contributed by atoms with Gasteiger partial charge in [0.25, 0.3) is 6.43 Å². The second-order valence-electron chi connectivity index (χ2n) is 2.53. The van der Waals surface area contributed by atoms with Crippen LogP contribution in [0.2, 0.25) is 5.02 Å². The summed E-state index contributed by atoms with van der Waals surface area (Å²) in [5.41, 5.74) is 5.14. The summed E-state index contributed by atoms with van der Waals surface area (Å²) in [5, 5.41) is -0.106. The van der Waals surface area contributed by atoms with Gasteiger partial charge in [-0.1, -0.05) is 17.7 Å². The van der Waals surface area contributed by atoms with Crippen LogP contribution < -0.4 is 5.73 Å². The van der Waals surface area contributed by atoms with Crippen molar-refractivity contribution in [1.82, 2.24) is 0 Å². The second kappa shape index (κ2) is 3.98. The number of nitrogens with two attached hydrogens (primary N) is 1. The molecule has 0 fully saturated rings. The predicted octanol–water partition coefficient (Wildman–Crippen LogP) is 2.74. The lowest BCUT2D eigenvalue weighted by Crippen LogP contribution is -2.18. The molecule has 0 saturated heterocycles. The third kappa shape index (κ3) is 2.35. The van der Waals surface area contributed by atoms with E-state index in [1.54, 1.807) is 0 Å². The molecular weight excluding hydrogens is 203 g/mol. The first kappa shape index (κ1) is 10.3. The normalized spacial score (nSPS) is 13.4. The molecule has 1 aromatic carbocycles. The summed E-state index contributed by atoms with van der Waals surface area (Å²) in [6.45, 7) is 0. The van der Waals surface area contributed by atoms with Gasteiger partial charge in [0.1, 0.15) is 5.82 Å². The molecule has 0 saturated carbocycles. The van der Waals surface area contributed by atoms with Gasteiger partial charge in [0.15, 0.2) is 0 Å². The van der Waals surface area contributed by atoms with Crippen LogP contribution in [0.15, 0.2) is 18.2 Å². The zero-order valence-electron chi connectivity index (χ0n) is 6.48. The molecule has 0 aromatic heterocycles. The first-order chi connectivity index (χ1) is 6.02. The Labute approximate surface area is 78.3 Å². The van der Waals surface area contributed by atoms with Crippen molar-refractivity contribution >= 4 is 11.6 Å². The van der Waals surface area contributed by atoms with Gasteiger partial charge in [0, 0.05) is 0 Å². The fraction of sp³-hybridized carbons (Fsp3) is 0.250. The molecule has 0 bridgehead atoms. The van der Waals surface area contributed by atoms with Crippen LogP contribution in [0.25, 0.3) is 0 Å². The molecule has 1 nitrogen and oxygen atoms in total. The Bertz CT molecular complexity index is 303. The van der Waals surface area contributed by atoms with Crippen LogP contribution in [-0.2, 0) is 0 Å². The van der Waals surface area contributed by atoms with Crippen LogP contribution in [0.3, 0.4) is 0 Å². The molecule has 1 aromatic rings. The highest BCUT2D eigenvalue weighted by Gasteiger charge is 2.18. The van der Waals surface area contributed by atoms with Crippen LogP contribution in [0, 0.1) is 5.82 Å². The summed E-state index contributed by atoms with van der Waals surface area (Å²) in [6.07, 6.45) is -2.71. The summed E-state index contributed by atoms with van der Waals surface area (Å²) in [5.74, 6) is -0.740. The Hall–Kier alpha value is -0.740. The largest absolute Gasteiger partial charge is 0.319 e. The maximum Gasteiger partial charge on any atom is 0.257 e. The summed E-state index contributed by atoms with van der Waals surface area (Å²) >= 11 is 5.36. The quantitative estimate of drug-likeness (QED) is 0.796. The number of hydrogen-bond acceptors (Lipinski definition) is 1. The maximum atomic E-state index is 12.8. The van der Waals surface area contributed by atoms with Gasteiger partial charge in [-0.05, 0) is 17.7 Å². The Morgan fingerprint density at radius 3 is 2.38 bits per heavy atom. The molecule has 2 N–H and O–H groups in total. The molecule has 1 atom stereocenters. The number of benzene rings is 1. The summed E-state index contributed by atoms with van der Waals surface area (Å²) in [4.78, 5) is 0. The molecule has 1 rings (SSSR count). The number of alkyl halides is 2. The summed E-state index contributed by atoms with van der Waals surface area (Å²) in [6, 6.07) is 1.93. The minimum Gasteiger partial charge on any atom is -0.319 e. The number of halogens is 4. The van der Waals surface area contributed by atoms with Gasteiger partial charge in [0.05, 0.1) is 11.1 Å². The molecular formula is C8H7ClF3N. The van der Waals surface area contributed by atoms with Crippen molar-refractivity contribution in [3.8, 4) is 0 Å². The molecule has 13 heavy (non-hydrogen) atoms. The van der Waals surface area contributed by atoms with Gasteiger partial charge in [-0.15, -0.1) is 0 Å². The molecule has 0 aliphatic heterocycles. The molecule has 0 aliphatic carbocycles. The first-order valence-corrected chi connectivity index (χ1v) is 3.89. The van der Waals surface area contributed by atoms with Gasteiger partial charge in [-0.3, -0.25) is 0 Å². The van der Waals surface area contributed by atoms with E-state index in [1.165, 1.54) is 12.1 Å². The van der Waals surface area contributed by atoms with Crippen molar-refractivity contribution in [1.29, 1.82) is 0 Å². The van der Waals surface area contributed by atoms with Crippen LogP contribution in [0.5, 0.6) is 0 Å². The SMILES string of the molecule is N[C@@H](c1ccc(Cl)c(F)c1)C(F)F. The van der Waals surface area contributed by atoms with Crippen molar-refractivity contribution in [2.24, 2.45) is 5.73 Å². The van der Waals surface area contributed by atoms with Gasteiger partial charge in [-0.25, -0.2) is 13.2 Å². The van der Waals surface area contributed by atoms with E-state index < -0.39 is 18.3 Å². The van der Waals surface area contributed by atoms with Gasteiger partial charge in [-0.2, -0.15) is 0 Å². The Morgan fingerprint density at radius 2 is 1.92 bits per heavy atom. The fourth-order valence-corrected chi connectivity index (χ4v) is 0.983. The van der Waals surface area contributed by atoms with E-state index in [-0.39, 0.29) is 10.6 Å². The van der Waals surface area contributed by atoms with Crippen LogP contribution in [0.4, 0.5) is 13.2 Å². The van der Waals surface area contributed by atoms with Gasteiger partial charge in [0.2, 0.25) is 0 Å². The van der Waals surface area contributed by atoms with Gasteiger partial charge >= 0.3 is 0 Å². The first-order valence-electron chi connectivity index (χ1n) is 3.51. The van der Waals surface area contributed by atoms with Crippen LogP contribution in [0.1, 0.15) is 11.6 Å². The zero-order chi connectivity index (χ0) is 10.0. The zero-order valence-corrected chi connectivity index (χ0v) is 7.23. The molecule has 0 amide bonds. The van der Waals surface area contributed by atoms with E-state index in [1.807, 2.05) is 0 Å². The average Bonchev–Trinajstić information content (AvgIpc) is 2.08. The summed E-state index contributed by atoms with van der Waals surface area (Å²) < 4.78 is 36.9. The lowest BCUT2D eigenvalue weighted by molar-refractivity contribution is 0.116. The smallest absolute Gasteiger partial charge is 0.257 e. The van der Waals surface area contributed by atoms with Crippen LogP contribution in [-0.4, -0.2) is 6.43 Å². The van der Waals surface area contributed by atoms with E-state index in [2.05, 4.69) is 0 Å². The van der Waals surface area contributed by atoms with E-state index in [0.717, 1.165) is 6.07 Å². The Balaban J connectivity index is 2.97. The second-order valence-corrected chi connectivity index (χ2v) is 2.94. The standard InChI is InChI=1S/C8H7ClF3N/c9-5-2-1-4(3-6(5)10)7(13)8(11)12/h1-3,7-8H,13H2/t7-/m0/s1. The minimum absolute atomic E-state index is 0.0388. The average molecular weight is 210 g/mol. The molecule has 72 valence electrons. The van der Waals surface area contributed by atoms with Crippen molar-refractivity contribution in [2.45, 2.75) is 12.5 Å². The van der Waals surface area contributed by atoms with E-state index in [9.17, 15) is 13.2 Å². The van der Waals surface area contributed by atoms with Crippen molar-refractivity contribution in [3.05, 3.63) is 34.6 Å². The van der Waals surface area contributed by atoms with E-state index in [0.29, 0.717) is 0 Å². The molecule has 0 radical (unpaired) electrons. The molecule has 0 heterocycles. The fourth-order valence-electron chi connectivity index (χ4n) is 0.865. The van der Waals surface area contributed by atoms with E-state index in [4.69, 9.17) is 17.3 Å². The molecule has 0 spiro atoms. The maximum absolute atomic E-state index is 12.8. The molecule has 0 aliphatic rings. The summed E-state index contributed by atoms with van der Waals surface area (Å²) in [7, 11) is 0. The Kier molecular flexibility index (Phi) is 3.17. The van der Waals surface area contributed by atoms with Crippen molar-refractivity contribution < 1.29 is 13.2 Å². The van der Waals surface area contributed by atoms with Crippen molar-refractivity contribution in [2.75, 3.05) is 0 Å².